The average molecular weight is 516 g/mol. The molecule has 11 nitrogen and oxygen atoms in total. The van der Waals surface area contributed by atoms with E-state index in [-0.39, 0.29) is 11.6 Å². The van der Waals surface area contributed by atoms with Crippen LogP contribution in [0.3, 0.4) is 0 Å². The zero-order valence-corrected chi connectivity index (χ0v) is 20.1. The van der Waals surface area contributed by atoms with Gasteiger partial charge >= 0.3 is 19.4 Å². The van der Waals surface area contributed by atoms with E-state index in [1.165, 1.54) is 24.4 Å². The number of hydrogen-bond donors (Lipinski definition) is 4. The van der Waals surface area contributed by atoms with Crippen LogP contribution < -0.4 is 21.0 Å². The Labute approximate surface area is 199 Å². The molecule has 1 aliphatic heterocycles. The lowest BCUT2D eigenvalue weighted by molar-refractivity contribution is -0.140. The Kier molecular flexibility index (Phi) is 8.37. The fourth-order valence-corrected chi connectivity index (χ4v) is 6.43. The zero-order valence-electron chi connectivity index (χ0n) is 18.4. The molecule has 0 saturated carbocycles. The molecule has 2 heterocycles. The highest BCUT2D eigenvalue weighted by molar-refractivity contribution is 8.00. The number of rotatable bonds is 10. The number of hydrogen-bond acceptors (Lipinski definition) is 9. The predicted molar refractivity (Wildman–Crippen MR) is 124 cm³/mol. The first-order chi connectivity index (χ1) is 16.0. The summed E-state index contributed by atoms with van der Waals surface area (Å²) in [5.41, 5.74) is 4.69. The first-order valence-corrected chi connectivity index (χ1v) is 12.8. The van der Waals surface area contributed by atoms with Crippen LogP contribution in [0, 0.1) is 5.92 Å². The molecule has 3 rings (SSSR count). The van der Waals surface area contributed by atoms with Crippen molar-refractivity contribution in [1.29, 1.82) is 0 Å². The number of alkyl halides is 1. The van der Waals surface area contributed by atoms with Crippen molar-refractivity contribution in [2.24, 2.45) is 5.92 Å². The maximum absolute atomic E-state index is 14.8. The number of aliphatic carboxylic acids is 1. The maximum atomic E-state index is 14.8. The molecule has 2 unspecified atom stereocenters. The first kappa shape index (κ1) is 26.2. The van der Waals surface area contributed by atoms with E-state index in [0.717, 1.165) is 16.3 Å². The molecule has 1 aromatic heterocycles. The van der Waals surface area contributed by atoms with E-state index in [9.17, 15) is 28.8 Å². The number of carboxylic acids is 1. The molecule has 1 aromatic carbocycles. The van der Waals surface area contributed by atoms with Crippen LogP contribution in [-0.2, 0) is 13.9 Å². The number of aliphatic hydroxyl groups is 1. The number of nitrogens with two attached hydrogens (primary N) is 1. The van der Waals surface area contributed by atoms with E-state index >= 15 is 0 Å². The van der Waals surface area contributed by atoms with Gasteiger partial charge in [-0.3, -0.25) is 13.9 Å². The summed E-state index contributed by atoms with van der Waals surface area (Å²) < 4.78 is 40.3. The molecule has 1 fully saturated rings. The van der Waals surface area contributed by atoms with E-state index in [2.05, 4.69) is 10.1 Å². The molecule has 34 heavy (non-hydrogen) atoms. The van der Waals surface area contributed by atoms with Crippen molar-refractivity contribution in [3.63, 3.8) is 0 Å². The summed E-state index contributed by atoms with van der Waals surface area (Å²) in [5, 5.41) is 20.3. The quantitative estimate of drug-likeness (QED) is 0.341. The van der Waals surface area contributed by atoms with Gasteiger partial charge in [-0.15, -0.1) is 11.8 Å². The van der Waals surface area contributed by atoms with Crippen molar-refractivity contribution in [3.8, 4) is 5.75 Å². The molecule has 0 radical (unpaired) electrons. The number of halogens is 1. The van der Waals surface area contributed by atoms with Crippen molar-refractivity contribution in [2.75, 3.05) is 12.3 Å². The lowest BCUT2D eigenvalue weighted by Crippen LogP contribution is -2.41. The van der Waals surface area contributed by atoms with E-state index < -0.39 is 60.9 Å². The Balaban J connectivity index is 1.79. The van der Waals surface area contributed by atoms with Gasteiger partial charge < -0.3 is 20.5 Å². The van der Waals surface area contributed by atoms with Gasteiger partial charge in [0.15, 0.2) is 6.17 Å². The van der Waals surface area contributed by atoms with Gasteiger partial charge in [-0.2, -0.15) is 10.1 Å². The molecule has 0 amide bonds. The predicted octanol–water partition coefficient (Wildman–Crippen LogP) is 2.04. The van der Waals surface area contributed by atoms with Crippen LogP contribution in [-0.4, -0.2) is 55.9 Å². The fourth-order valence-electron chi connectivity index (χ4n) is 3.23. The van der Waals surface area contributed by atoms with Gasteiger partial charge in [0.25, 0.3) is 0 Å². The Morgan fingerprint density at radius 2 is 2.03 bits per heavy atom. The first-order valence-electron chi connectivity index (χ1n) is 10.3. The number of carboxylic acid groups (broad SMARTS) is 1. The lowest BCUT2D eigenvalue weighted by atomic mass is 10.1. The molecule has 0 spiro atoms. The van der Waals surface area contributed by atoms with Gasteiger partial charge in [0.2, 0.25) is 0 Å². The Morgan fingerprint density at radius 3 is 2.62 bits per heavy atom. The van der Waals surface area contributed by atoms with Crippen molar-refractivity contribution in [3.05, 3.63) is 53.1 Å². The summed E-state index contributed by atoms with van der Waals surface area (Å²) in [6.45, 7) is 2.78. The normalized spacial score (nSPS) is 25.1. The number of aromatic nitrogens is 2. The van der Waals surface area contributed by atoms with Crippen LogP contribution in [0.25, 0.3) is 0 Å². The van der Waals surface area contributed by atoms with Gasteiger partial charge in [0.05, 0.1) is 11.9 Å². The second-order valence-electron chi connectivity index (χ2n) is 7.93. The van der Waals surface area contributed by atoms with E-state index in [1.807, 2.05) is 0 Å². The highest BCUT2D eigenvalue weighted by atomic mass is 32.2. The Hall–Kier alpha value is -2.44. The van der Waals surface area contributed by atoms with Gasteiger partial charge in [-0.1, -0.05) is 32.0 Å². The number of anilines is 1. The van der Waals surface area contributed by atoms with Crippen LogP contribution in [0.15, 0.2) is 47.4 Å². The third-order valence-electron chi connectivity index (χ3n) is 5.03. The standard InChI is InChI=1S/C20H26FN4O7PS/c1-11(2)16(19(27)28)24-33(30,32-12-6-4-3-5-7-12)31-10-13-17(26)15(21)18(34-13)25-9-8-14(22)23-20(25)29/h3-9,11,13,15-18,26H,10H2,1-2H3,(H,24,30)(H,27,28)(H2,22,23,29)/t13-,15+,16?,17-,18-,33?/m1/s1. The number of benzene rings is 1. The summed E-state index contributed by atoms with van der Waals surface area (Å²) in [7, 11) is -4.29. The number of nitrogen functional groups attached to an aromatic ring is 1. The summed E-state index contributed by atoms with van der Waals surface area (Å²) in [6.07, 6.45) is -2.15. The summed E-state index contributed by atoms with van der Waals surface area (Å²) in [4.78, 5) is 27.3. The van der Waals surface area contributed by atoms with Crippen molar-refractivity contribution in [1.82, 2.24) is 14.6 Å². The SMILES string of the molecule is CC(C)C(NP(=O)(OC[C@H]1S[C@@H](n2ccc(N)nc2=O)[C@@H](F)[C@@H]1O)Oc1ccccc1)C(=O)O. The molecule has 2 aromatic rings. The van der Waals surface area contributed by atoms with Gasteiger partial charge in [-0.05, 0) is 24.1 Å². The third kappa shape index (κ3) is 6.16. The van der Waals surface area contributed by atoms with Gasteiger partial charge in [-0.25, -0.2) is 13.8 Å². The topological polar surface area (TPSA) is 166 Å². The zero-order chi connectivity index (χ0) is 25.0. The molecular weight excluding hydrogens is 490 g/mol. The van der Waals surface area contributed by atoms with E-state index in [0.29, 0.717) is 0 Å². The number of para-hydroxylation sites is 1. The van der Waals surface area contributed by atoms with Crippen molar-refractivity contribution in [2.45, 2.75) is 42.8 Å². The monoisotopic (exact) mass is 516 g/mol. The highest BCUT2D eigenvalue weighted by Gasteiger charge is 2.46. The number of thioether (sulfide) groups is 1. The third-order valence-corrected chi connectivity index (χ3v) is 8.09. The molecule has 1 aliphatic rings. The van der Waals surface area contributed by atoms with Crippen LogP contribution >= 0.6 is 19.5 Å². The van der Waals surface area contributed by atoms with Crippen LogP contribution in [0.2, 0.25) is 0 Å². The summed E-state index contributed by atoms with van der Waals surface area (Å²) in [6, 6.07) is 8.05. The molecule has 186 valence electrons. The molecular formula is C20H26FN4O7PS. The molecule has 0 bridgehead atoms. The molecule has 5 N–H and O–H groups in total. The lowest BCUT2D eigenvalue weighted by Gasteiger charge is -2.26. The van der Waals surface area contributed by atoms with Crippen molar-refractivity contribution < 1.29 is 33.0 Å². The molecule has 6 atom stereocenters. The Bertz CT molecular complexity index is 1110. The number of aliphatic hydroxyl groups excluding tert-OH is 1. The van der Waals surface area contributed by atoms with Crippen LogP contribution in [0.1, 0.15) is 19.2 Å². The molecule has 1 saturated heterocycles. The number of nitrogens with one attached hydrogen (secondary N) is 1. The second-order valence-corrected chi connectivity index (χ2v) is 11.0. The summed E-state index contributed by atoms with van der Waals surface area (Å²) >= 11 is 0.890. The fraction of sp³-hybridized carbons (Fsp3) is 0.450. The average Bonchev–Trinajstić information content (AvgIpc) is 3.05. The Morgan fingerprint density at radius 1 is 1.35 bits per heavy atom. The van der Waals surface area contributed by atoms with Crippen LogP contribution in [0.4, 0.5) is 10.2 Å². The van der Waals surface area contributed by atoms with E-state index in [1.54, 1.807) is 32.0 Å². The highest BCUT2D eigenvalue weighted by Crippen LogP contribution is 2.49. The van der Waals surface area contributed by atoms with Gasteiger partial charge in [0.1, 0.15) is 29.1 Å². The molecule has 0 aliphatic carbocycles. The number of nitrogens with zero attached hydrogens (tertiary/aromatic N) is 2. The minimum atomic E-state index is -4.29. The summed E-state index contributed by atoms with van der Waals surface area (Å²) in [5.74, 6) is -1.59. The number of carbonyl (C=O) groups is 1. The second kappa shape index (κ2) is 10.9. The van der Waals surface area contributed by atoms with Crippen LogP contribution in [0.5, 0.6) is 5.75 Å². The minimum Gasteiger partial charge on any atom is -0.480 e. The van der Waals surface area contributed by atoms with E-state index in [4.69, 9.17) is 14.8 Å². The van der Waals surface area contributed by atoms with Gasteiger partial charge in [0, 0.05) is 6.20 Å². The maximum Gasteiger partial charge on any atom is 0.459 e. The van der Waals surface area contributed by atoms with Crippen molar-refractivity contribution >= 4 is 31.3 Å². The minimum absolute atomic E-state index is 0.0247. The smallest absolute Gasteiger partial charge is 0.459 e. The molecule has 14 heteroatoms. The largest absolute Gasteiger partial charge is 0.480 e.